The van der Waals surface area contributed by atoms with Crippen molar-refractivity contribution in [3.63, 3.8) is 0 Å². The largest absolute Gasteiger partial charge is 0.354 e. The third kappa shape index (κ3) is 5.61. The molecule has 2 heterocycles. The van der Waals surface area contributed by atoms with Crippen molar-refractivity contribution in [2.75, 3.05) is 44.2 Å². The maximum absolute atomic E-state index is 11.8. The van der Waals surface area contributed by atoms with Gasteiger partial charge in [-0.3, -0.25) is 9.69 Å². The predicted molar refractivity (Wildman–Crippen MR) is 88.8 cm³/mol. The van der Waals surface area contributed by atoms with E-state index in [-0.39, 0.29) is 11.4 Å². The first-order valence-corrected chi connectivity index (χ1v) is 7.88. The van der Waals surface area contributed by atoms with Crippen LogP contribution in [0.5, 0.6) is 0 Å². The minimum absolute atomic E-state index is 0.0747. The summed E-state index contributed by atoms with van der Waals surface area (Å²) in [5, 5.41) is 2.89. The Bertz CT molecular complexity index is 463. The van der Waals surface area contributed by atoms with Crippen LogP contribution in [0.3, 0.4) is 0 Å². The fourth-order valence-corrected chi connectivity index (χ4v) is 2.42. The van der Waals surface area contributed by atoms with Crippen molar-refractivity contribution < 1.29 is 4.79 Å². The zero-order valence-electron chi connectivity index (χ0n) is 13.6. The number of nitrogens with zero attached hydrogens (tertiary/aromatic N) is 3. The second-order valence-corrected chi connectivity index (χ2v) is 6.53. The van der Waals surface area contributed by atoms with Crippen LogP contribution in [-0.2, 0) is 4.79 Å². The van der Waals surface area contributed by atoms with Gasteiger partial charge >= 0.3 is 0 Å². The number of anilines is 1. The third-order valence-electron chi connectivity index (χ3n) is 3.74. The van der Waals surface area contributed by atoms with Crippen LogP contribution < -0.4 is 16.0 Å². The SMILES string of the molecule is CC(C)(N)CNC(=O)CCN1CCN(c2ccccn2)CC1. The lowest BCUT2D eigenvalue weighted by atomic mass is 10.1. The molecule has 0 atom stereocenters. The Kier molecular flexibility index (Phi) is 5.74. The van der Waals surface area contributed by atoms with Gasteiger partial charge in [-0.05, 0) is 26.0 Å². The lowest BCUT2D eigenvalue weighted by Crippen LogP contribution is -2.48. The zero-order chi connectivity index (χ0) is 16.0. The molecular weight excluding hydrogens is 278 g/mol. The number of carbonyl (C=O) groups excluding carboxylic acids is 1. The number of rotatable bonds is 6. The van der Waals surface area contributed by atoms with Crippen LogP contribution in [0.2, 0.25) is 0 Å². The second kappa shape index (κ2) is 7.56. The van der Waals surface area contributed by atoms with Crippen molar-refractivity contribution >= 4 is 11.7 Å². The molecule has 1 aromatic heterocycles. The Labute approximate surface area is 132 Å². The minimum atomic E-state index is -0.357. The summed E-state index contributed by atoms with van der Waals surface area (Å²) < 4.78 is 0. The molecule has 122 valence electrons. The molecule has 1 amide bonds. The van der Waals surface area contributed by atoms with E-state index in [4.69, 9.17) is 5.73 Å². The van der Waals surface area contributed by atoms with E-state index in [0.717, 1.165) is 38.5 Å². The molecule has 0 unspecified atom stereocenters. The van der Waals surface area contributed by atoms with Crippen LogP contribution in [0.15, 0.2) is 24.4 Å². The minimum Gasteiger partial charge on any atom is -0.354 e. The van der Waals surface area contributed by atoms with Gasteiger partial charge in [0.15, 0.2) is 0 Å². The van der Waals surface area contributed by atoms with Crippen LogP contribution in [0.25, 0.3) is 0 Å². The van der Waals surface area contributed by atoms with E-state index in [9.17, 15) is 4.79 Å². The van der Waals surface area contributed by atoms with Crippen molar-refractivity contribution in [3.8, 4) is 0 Å². The van der Waals surface area contributed by atoms with Crippen LogP contribution >= 0.6 is 0 Å². The highest BCUT2D eigenvalue weighted by molar-refractivity contribution is 5.76. The summed E-state index contributed by atoms with van der Waals surface area (Å²) in [5.74, 6) is 1.11. The third-order valence-corrected chi connectivity index (χ3v) is 3.74. The highest BCUT2D eigenvalue weighted by Crippen LogP contribution is 2.12. The molecule has 1 aliphatic rings. The van der Waals surface area contributed by atoms with Crippen molar-refractivity contribution in [1.29, 1.82) is 0 Å². The topological polar surface area (TPSA) is 74.5 Å². The van der Waals surface area contributed by atoms with E-state index in [1.54, 1.807) is 0 Å². The molecule has 2 rings (SSSR count). The average Bonchev–Trinajstić information content (AvgIpc) is 2.51. The summed E-state index contributed by atoms with van der Waals surface area (Å²) in [7, 11) is 0. The molecule has 22 heavy (non-hydrogen) atoms. The van der Waals surface area contributed by atoms with Gasteiger partial charge in [0, 0.05) is 57.4 Å². The Morgan fingerprint density at radius 3 is 2.64 bits per heavy atom. The quantitative estimate of drug-likeness (QED) is 0.798. The number of piperazine rings is 1. The van der Waals surface area contributed by atoms with E-state index in [0.29, 0.717) is 13.0 Å². The van der Waals surface area contributed by atoms with Gasteiger partial charge in [-0.2, -0.15) is 0 Å². The summed E-state index contributed by atoms with van der Waals surface area (Å²) in [6, 6.07) is 5.98. The van der Waals surface area contributed by atoms with Gasteiger partial charge in [-0.15, -0.1) is 0 Å². The smallest absolute Gasteiger partial charge is 0.221 e. The molecule has 0 spiro atoms. The lowest BCUT2D eigenvalue weighted by Gasteiger charge is -2.35. The molecule has 0 aliphatic carbocycles. The summed E-state index contributed by atoms with van der Waals surface area (Å²) in [5.41, 5.74) is 5.50. The number of pyridine rings is 1. The van der Waals surface area contributed by atoms with E-state index in [1.807, 2.05) is 38.2 Å². The van der Waals surface area contributed by atoms with Crippen molar-refractivity contribution in [2.45, 2.75) is 25.8 Å². The van der Waals surface area contributed by atoms with Gasteiger partial charge in [0.05, 0.1) is 0 Å². The van der Waals surface area contributed by atoms with Gasteiger partial charge in [0.25, 0.3) is 0 Å². The summed E-state index contributed by atoms with van der Waals surface area (Å²) in [6.07, 6.45) is 2.35. The van der Waals surface area contributed by atoms with Crippen LogP contribution in [-0.4, -0.2) is 60.6 Å². The van der Waals surface area contributed by atoms with Gasteiger partial charge in [0.2, 0.25) is 5.91 Å². The molecule has 1 aliphatic heterocycles. The van der Waals surface area contributed by atoms with E-state index < -0.39 is 0 Å². The molecule has 0 bridgehead atoms. The Morgan fingerprint density at radius 1 is 1.32 bits per heavy atom. The highest BCUT2D eigenvalue weighted by Gasteiger charge is 2.18. The van der Waals surface area contributed by atoms with Crippen molar-refractivity contribution in [1.82, 2.24) is 15.2 Å². The molecule has 1 aromatic rings. The number of aromatic nitrogens is 1. The van der Waals surface area contributed by atoms with Gasteiger partial charge in [-0.25, -0.2) is 4.98 Å². The van der Waals surface area contributed by atoms with Gasteiger partial charge in [-0.1, -0.05) is 6.07 Å². The first-order valence-electron chi connectivity index (χ1n) is 7.88. The monoisotopic (exact) mass is 305 g/mol. The molecule has 0 radical (unpaired) electrons. The first-order chi connectivity index (χ1) is 10.4. The molecule has 0 aromatic carbocycles. The molecule has 0 saturated carbocycles. The zero-order valence-corrected chi connectivity index (χ0v) is 13.6. The van der Waals surface area contributed by atoms with Gasteiger partial charge in [0.1, 0.15) is 5.82 Å². The summed E-state index contributed by atoms with van der Waals surface area (Å²) >= 11 is 0. The fourth-order valence-electron chi connectivity index (χ4n) is 2.42. The van der Waals surface area contributed by atoms with Crippen LogP contribution in [0.1, 0.15) is 20.3 Å². The number of hydrogen-bond acceptors (Lipinski definition) is 5. The summed E-state index contributed by atoms with van der Waals surface area (Å²) in [4.78, 5) is 20.8. The summed E-state index contributed by atoms with van der Waals surface area (Å²) in [6.45, 7) is 8.96. The standard InChI is InChI=1S/C16H27N5O/c1-16(2,17)13-19-15(22)6-8-20-9-11-21(12-10-20)14-5-3-4-7-18-14/h3-5,7H,6,8-13,17H2,1-2H3,(H,19,22). The normalized spacial score (nSPS) is 16.6. The Hall–Kier alpha value is -1.66. The first kappa shape index (κ1) is 16.7. The number of carbonyl (C=O) groups is 1. The van der Waals surface area contributed by atoms with E-state index >= 15 is 0 Å². The lowest BCUT2D eigenvalue weighted by molar-refractivity contribution is -0.121. The van der Waals surface area contributed by atoms with Crippen molar-refractivity contribution in [3.05, 3.63) is 24.4 Å². The second-order valence-electron chi connectivity index (χ2n) is 6.53. The maximum Gasteiger partial charge on any atom is 0.221 e. The highest BCUT2D eigenvalue weighted by atomic mass is 16.1. The van der Waals surface area contributed by atoms with E-state index in [2.05, 4.69) is 20.1 Å². The molecular formula is C16H27N5O. The fraction of sp³-hybridized carbons (Fsp3) is 0.625. The number of nitrogens with one attached hydrogen (secondary N) is 1. The maximum atomic E-state index is 11.8. The Morgan fingerprint density at radius 2 is 2.05 bits per heavy atom. The van der Waals surface area contributed by atoms with Crippen LogP contribution in [0.4, 0.5) is 5.82 Å². The predicted octanol–water partition coefficient (Wildman–Crippen LogP) is 0.447. The number of amides is 1. The van der Waals surface area contributed by atoms with Crippen LogP contribution in [0, 0.1) is 0 Å². The molecule has 1 saturated heterocycles. The van der Waals surface area contributed by atoms with Crippen molar-refractivity contribution in [2.24, 2.45) is 5.73 Å². The molecule has 6 nitrogen and oxygen atoms in total. The average molecular weight is 305 g/mol. The molecule has 3 N–H and O–H groups in total. The molecule has 6 heteroatoms. The number of nitrogens with two attached hydrogens (primary N) is 1. The van der Waals surface area contributed by atoms with E-state index in [1.165, 1.54) is 0 Å². The van der Waals surface area contributed by atoms with Gasteiger partial charge < -0.3 is 16.0 Å². The molecule has 1 fully saturated rings. The Balaban J connectivity index is 1.66. The number of hydrogen-bond donors (Lipinski definition) is 2.